The number of carboxylic acids is 1. The molecule has 0 amide bonds. The Morgan fingerprint density at radius 3 is 2.59 bits per heavy atom. The Balaban J connectivity index is 3.13. The number of aliphatic carboxylic acids is 1. The van der Waals surface area contributed by atoms with Crippen LogP contribution in [0.5, 0.6) is 0 Å². The Kier molecular flexibility index (Phi) is 4.17. The molecule has 0 radical (unpaired) electrons. The molecule has 92 valence electrons. The SMILES string of the molecule is COC(=O)c1ccc(C(CN)C(=O)O)c(F)c1. The van der Waals surface area contributed by atoms with Crippen molar-refractivity contribution in [2.24, 2.45) is 5.73 Å². The van der Waals surface area contributed by atoms with Crippen molar-refractivity contribution in [2.45, 2.75) is 5.92 Å². The summed E-state index contributed by atoms with van der Waals surface area (Å²) in [5, 5.41) is 8.84. The maximum Gasteiger partial charge on any atom is 0.337 e. The van der Waals surface area contributed by atoms with Crippen LogP contribution in [-0.2, 0) is 9.53 Å². The van der Waals surface area contributed by atoms with Gasteiger partial charge in [-0.25, -0.2) is 9.18 Å². The molecule has 0 bridgehead atoms. The number of ether oxygens (including phenoxy) is 1. The highest BCUT2D eigenvalue weighted by molar-refractivity contribution is 5.89. The molecule has 0 fully saturated rings. The number of hydrogen-bond donors (Lipinski definition) is 2. The summed E-state index contributed by atoms with van der Waals surface area (Å²) >= 11 is 0. The second kappa shape index (κ2) is 5.40. The van der Waals surface area contributed by atoms with Crippen molar-refractivity contribution in [1.82, 2.24) is 0 Å². The highest BCUT2D eigenvalue weighted by Crippen LogP contribution is 2.20. The fraction of sp³-hybridized carbons (Fsp3) is 0.273. The first kappa shape index (κ1) is 13.1. The molecule has 0 aromatic heterocycles. The van der Waals surface area contributed by atoms with Gasteiger partial charge in [0.15, 0.2) is 0 Å². The van der Waals surface area contributed by atoms with Gasteiger partial charge >= 0.3 is 11.9 Å². The van der Waals surface area contributed by atoms with Crippen LogP contribution in [0.3, 0.4) is 0 Å². The van der Waals surface area contributed by atoms with E-state index in [-0.39, 0.29) is 17.7 Å². The third-order valence-electron chi connectivity index (χ3n) is 2.33. The zero-order chi connectivity index (χ0) is 13.0. The van der Waals surface area contributed by atoms with Crippen LogP contribution in [0.15, 0.2) is 18.2 Å². The van der Waals surface area contributed by atoms with E-state index in [0.717, 1.165) is 6.07 Å². The van der Waals surface area contributed by atoms with Gasteiger partial charge in [0.2, 0.25) is 0 Å². The van der Waals surface area contributed by atoms with Crippen molar-refractivity contribution < 1.29 is 23.8 Å². The molecule has 1 atom stereocenters. The Labute approximate surface area is 97.0 Å². The van der Waals surface area contributed by atoms with Crippen LogP contribution < -0.4 is 5.73 Å². The standard InChI is InChI=1S/C11H12FNO4/c1-17-11(16)6-2-3-7(9(12)4-6)8(5-13)10(14)15/h2-4,8H,5,13H2,1H3,(H,14,15). The zero-order valence-corrected chi connectivity index (χ0v) is 9.14. The minimum atomic E-state index is -1.21. The second-order valence-corrected chi connectivity index (χ2v) is 3.35. The fourth-order valence-corrected chi connectivity index (χ4v) is 1.42. The lowest BCUT2D eigenvalue weighted by Crippen LogP contribution is -2.22. The minimum Gasteiger partial charge on any atom is -0.481 e. The van der Waals surface area contributed by atoms with E-state index in [0.29, 0.717) is 0 Å². The summed E-state index contributed by atoms with van der Waals surface area (Å²) in [6.45, 7) is -0.218. The highest BCUT2D eigenvalue weighted by Gasteiger charge is 2.22. The molecule has 0 aliphatic heterocycles. The number of carbonyl (C=O) groups is 2. The number of methoxy groups -OCH3 is 1. The van der Waals surface area contributed by atoms with E-state index in [9.17, 15) is 14.0 Å². The summed E-state index contributed by atoms with van der Waals surface area (Å²) in [5.74, 6) is -3.81. The molecule has 0 saturated heterocycles. The number of nitrogens with two attached hydrogens (primary N) is 1. The van der Waals surface area contributed by atoms with Gasteiger partial charge in [-0.2, -0.15) is 0 Å². The molecule has 0 saturated carbocycles. The van der Waals surface area contributed by atoms with Gasteiger partial charge < -0.3 is 15.6 Å². The van der Waals surface area contributed by atoms with E-state index < -0.39 is 23.7 Å². The van der Waals surface area contributed by atoms with Crippen molar-refractivity contribution in [1.29, 1.82) is 0 Å². The number of halogens is 1. The van der Waals surface area contributed by atoms with E-state index in [2.05, 4.69) is 4.74 Å². The predicted molar refractivity (Wildman–Crippen MR) is 57.2 cm³/mol. The van der Waals surface area contributed by atoms with Gasteiger partial charge in [0.05, 0.1) is 18.6 Å². The Hall–Kier alpha value is -1.95. The largest absolute Gasteiger partial charge is 0.481 e. The summed E-state index contributed by atoms with van der Waals surface area (Å²) in [7, 11) is 1.17. The number of rotatable bonds is 4. The molecule has 17 heavy (non-hydrogen) atoms. The lowest BCUT2D eigenvalue weighted by molar-refractivity contribution is -0.138. The summed E-state index contributed by atoms with van der Waals surface area (Å²) < 4.78 is 18.0. The van der Waals surface area contributed by atoms with Crippen LogP contribution in [0.4, 0.5) is 4.39 Å². The Morgan fingerprint density at radius 1 is 1.53 bits per heavy atom. The van der Waals surface area contributed by atoms with Crippen molar-refractivity contribution in [3.05, 3.63) is 35.1 Å². The van der Waals surface area contributed by atoms with Crippen LogP contribution >= 0.6 is 0 Å². The van der Waals surface area contributed by atoms with Crippen molar-refractivity contribution in [3.63, 3.8) is 0 Å². The molecule has 0 heterocycles. The summed E-state index contributed by atoms with van der Waals surface area (Å²) in [5.41, 5.74) is 5.23. The molecular weight excluding hydrogens is 229 g/mol. The molecule has 1 rings (SSSR count). The minimum absolute atomic E-state index is 0.0231. The molecular formula is C11H12FNO4. The number of carbonyl (C=O) groups excluding carboxylic acids is 1. The first-order chi connectivity index (χ1) is 8.01. The van der Waals surface area contributed by atoms with Crippen molar-refractivity contribution >= 4 is 11.9 Å². The monoisotopic (exact) mass is 241 g/mol. The Morgan fingerprint density at radius 2 is 2.18 bits per heavy atom. The summed E-state index contributed by atoms with van der Waals surface area (Å²) in [6.07, 6.45) is 0. The van der Waals surface area contributed by atoms with E-state index in [4.69, 9.17) is 10.8 Å². The fourth-order valence-electron chi connectivity index (χ4n) is 1.42. The van der Waals surface area contributed by atoms with Gasteiger partial charge in [-0.05, 0) is 12.1 Å². The molecule has 1 aromatic rings. The number of esters is 1. The molecule has 6 heteroatoms. The maximum absolute atomic E-state index is 13.6. The van der Waals surface area contributed by atoms with E-state index >= 15 is 0 Å². The molecule has 3 N–H and O–H groups in total. The van der Waals surface area contributed by atoms with E-state index in [1.165, 1.54) is 19.2 Å². The van der Waals surface area contributed by atoms with E-state index in [1.54, 1.807) is 0 Å². The zero-order valence-electron chi connectivity index (χ0n) is 9.14. The quantitative estimate of drug-likeness (QED) is 0.759. The van der Waals surface area contributed by atoms with E-state index in [1.807, 2.05) is 0 Å². The molecule has 1 unspecified atom stereocenters. The lowest BCUT2D eigenvalue weighted by Gasteiger charge is -2.11. The van der Waals surface area contributed by atoms with Crippen LogP contribution in [0, 0.1) is 5.82 Å². The first-order valence-electron chi connectivity index (χ1n) is 4.82. The first-order valence-corrected chi connectivity index (χ1v) is 4.82. The van der Waals surface area contributed by atoms with Crippen molar-refractivity contribution in [2.75, 3.05) is 13.7 Å². The van der Waals surface area contributed by atoms with Crippen LogP contribution in [0.1, 0.15) is 21.8 Å². The third kappa shape index (κ3) is 2.79. The summed E-state index contributed by atoms with van der Waals surface area (Å²) in [6, 6.07) is 3.47. The maximum atomic E-state index is 13.6. The van der Waals surface area contributed by atoms with Crippen LogP contribution in [0.25, 0.3) is 0 Å². The third-order valence-corrected chi connectivity index (χ3v) is 2.33. The average Bonchev–Trinajstić information content (AvgIpc) is 2.30. The normalized spacial score (nSPS) is 11.9. The van der Waals surface area contributed by atoms with Gasteiger partial charge in [0.25, 0.3) is 0 Å². The number of hydrogen-bond acceptors (Lipinski definition) is 4. The van der Waals surface area contributed by atoms with Crippen LogP contribution in [-0.4, -0.2) is 30.7 Å². The number of benzene rings is 1. The molecule has 0 aliphatic carbocycles. The topological polar surface area (TPSA) is 89.6 Å². The van der Waals surface area contributed by atoms with Gasteiger partial charge in [0, 0.05) is 12.1 Å². The van der Waals surface area contributed by atoms with Crippen LogP contribution in [0.2, 0.25) is 0 Å². The highest BCUT2D eigenvalue weighted by atomic mass is 19.1. The lowest BCUT2D eigenvalue weighted by atomic mass is 9.97. The van der Waals surface area contributed by atoms with Gasteiger partial charge in [-0.15, -0.1) is 0 Å². The smallest absolute Gasteiger partial charge is 0.337 e. The van der Waals surface area contributed by atoms with Gasteiger partial charge in [-0.1, -0.05) is 6.07 Å². The molecule has 1 aromatic carbocycles. The number of carboxylic acid groups (broad SMARTS) is 1. The molecule has 0 aliphatic rings. The van der Waals surface area contributed by atoms with Gasteiger partial charge in [-0.3, -0.25) is 4.79 Å². The Bertz CT molecular complexity index is 447. The van der Waals surface area contributed by atoms with Crippen molar-refractivity contribution in [3.8, 4) is 0 Å². The van der Waals surface area contributed by atoms with Gasteiger partial charge in [0.1, 0.15) is 5.82 Å². The summed E-state index contributed by atoms with van der Waals surface area (Å²) in [4.78, 5) is 21.9. The average molecular weight is 241 g/mol. The molecule has 0 spiro atoms. The predicted octanol–water partition coefficient (Wildman–Crippen LogP) is 0.739. The second-order valence-electron chi connectivity index (χ2n) is 3.35. The molecule has 5 nitrogen and oxygen atoms in total.